The Kier molecular flexibility index (Phi) is 6.86. The third-order valence-corrected chi connectivity index (χ3v) is 4.85. The number of sulfonamides is 1. The lowest BCUT2D eigenvalue weighted by Crippen LogP contribution is -2.41. The van der Waals surface area contributed by atoms with Crippen molar-refractivity contribution >= 4 is 22.4 Å². The minimum Gasteiger partial charge on any atom is -0.329 e. The number of nitrogens with two attached hydrogens (primary N) is 1. The maximum atomic E-state index is 12.0. The molecule has 1 unspecified atom stereocenters. The SMILES string of the molecule is CC(C)CCS(=O)(=O)N1CCCC1CN.Cl. The highest BCUT2D eigenvalue weighted by Crippen LogP contribution is 2.21. The number of hydrogen-bond acceptors (Lipinski definition) is 3. The summed E-state index contributed by atoms with van der Waals surface area (Å²) < 4.78 is 25.6. The molecule has 0 aromatic heterocycles. The predicted molar refractivity (Wildman–Crippen MR) is 69.3 cm³/mol. The Morgan fingerprint density at radius 3 is 2.56 bits per heavy atom. The number of halogens is 1. The van der Waals surface area contributed by atoms with Gasteiger partial charge >= 0.3 is 0 Å². The standard InChI is InChI=1S/C10H22N2O2S.ClH/c1-9(2)5-7-15(13,14)12-6-3-4-10(12)8-11;/h9-10H,3-8,11H2,1-2H3;1H. The van der Waals surface area contributed by atoms with Crippen LogP contribution in [0.25, 0.3) is 0 Å². The normalized spacial score (nSPS) is 22.4. The van der Waals surface area contributed by atoms with Gasteiger partial charge in [0.2, 0.25) is 10.0 Å². The monoisotopic (exact) mass is 270 g/mol. The number of rotatable bonds is 5. The van der Waals surface area contributed by atoms with Crippen LogP contribution in [0.1, 0.15) is 33.1 Å². The molecule has 0 radical (unpaired) electrons. The molecule has 0 amide bonds. The second kappa shape index (κ2) is 6.79. The summed E-state index contributed by atoms with van der Waals surface area (Å²) in [6, 6.07) is 0.0437. The van der Waals surface area contributed by atoms with Gasteiger partial charge in [-0.25, -0.2) is 8.42 Å². The molecule has 16 heavy (non-hydrogen) atoms. The van der Waals surface area contributed by atoms with E-state index in [0.717, 1.165) is 19.3 Å². The second-order valence-electron chi connectivity index (χ2n) is 4.64. The summed E-state index contributed by atoms with van der Waals surface area (Å²) in [7, 11) is -3.06. The third kappa shape index (κ3) is 4.20. The van der Waals surface area contributed by atoms with Crippen LogP contribution in [-0.2, 0) is 10.0 Å². The molecule has 6 heteroatoms. The average Bonchev–Trinajstić information content (AvgIpc) is 2.63. The highest BCUT2D eigenvalue weighted by molar-refractivity contribution is 7.89. The van der Waals surface area contributed by atoms with Crippen molar-refractivity contribution in [2.24, 2.45) is 11.7 Å². The molecule has 1 heterocycles. The maximum Gasteiger partial charge on any atom is 0.214 e. The van der Waals surface area contributed by atoms with Gasteiger partial charge < -0.3 is 5.73 Å². The first kappa shape index (κ1) is 16.2. The van der Waals surface area contributed by atoms with Crippen LogP contribution in [0.5, 0.6) is 0 Å². The van der Waals surface area contributed by atoms with E-state index in [1.54, 1.807) is 4.31 Å². The van der Waals surface area contributed by atoms with E-state index in [1.807, 2.05) is 13.8 Å². The first-order valence-electron chi connectivity index (χ1n) is 5.67. The second-order valence-corrected chi connectivity index (χ2v) is 6.68. The molecular formula is C10H23ClN2O2S. The molecule has 2 N–H and O–H groups in total. The Hall–Kier alpha value is 0.160. The summed E-state index contributed by atoms with van der Waals surface area (Å²) in [5.74, 6) is 0.694. The van der Waals surface area contributed by atoms with Crippen LogP contribution in [0, 0.1) is 5.92 Å². The van der Waals surface area contributed by atoms with Gasteiger partial charge in [-0.05, 0) is 25.2 Å². The van der Waals surface area contributed by atoms with Gasteiger partial charge in [0.05, 0.1) is 5.75 Å². The fourth-order valence-electron chi connectivity index (χ4n) is 1.91. The van der Waals surface area contributed by atoms with Crippen LogP contribution in [0.2, 0.25) is 0 Å². The van der Waals surface area contributed by atoms with Crippen molar-refractivity contribution in [2.75, 3.05) is 18.8 Å². The minimum absolute atomic E-state index is 0. The molecule has 4 nitrogen and oxygen atoms in total. The average molecular weight is 271 g/mol. The lowest BCUT2D eigenvalue weighted by molar-refractivity contribution is 0.390. The third-order valence-electron chi connectivity index (χ3n) is 2.91. The Morgan fingerprint density at radius 1 is 1.44 bits per heavy atom. The zero-order valence-electron chi connectivity index (χ0n) is 10.1. The van der Waals surface area contributed by atoms with Crippen molar-refractivity contribution in [1.82, 2.24) is 4.31 Å². The van der Waals surface area contributed by atoms with E-state index >= 15 is 0 Å². The lowest BCUT2D eigenvalue weighted by atomic mass is 10.2. The molecule has 0 saturated carbocycles. The van der Waals surface area contributed by atoms with E-state index < -0.39 is 10.0 Å². The zero-order chi connectivity index (χ0) is 11.5. The first-order chi connectivity index (χ1) is 6.97. The summed E-state index contributed by atoms with van der Waals surface area (Å²) in [5.41, 5.74) is 5.57. The van der Waals surface area contributed by atoms with Crippen molar-refractivity contribution < 1.29 is 8.42 Å². The molecule has 0 aromatic rings. The summed E-state index contributed by atoms with van der Waals surface area (Å²) in [4.78, 5) is 0. The van der Waals surface area contributed by atoms with E-state index in [4.69, 9.17) is 5.73 Å². The number of nitrogens with zero attached hydrogens (tertiary/aromatic N) is 1. The van der Waals surface area contributed by atoms with E-state index in [-0.39, 0.29) is 24.2 Å². The van der Waals surface area contributed by atoms with Crippen LogP contribution < -0.4 is 5.73 Å². The van der Waals surface area contributed by atoms with Gasteiger partial charge in [0.15, 0.2) is 0 Å². The van der Waals surface area contributed by atoms with Gasteiger partial charge in [-0.15, -0.1) is 12.4 Å². The van der Waals surface area contributed by atoms with Gasteiger partial charge in [-0.2, -0.15) is 4.31 Å². The van der Waals surface area contributed by atoms with Crippen LogP contribution in [0.15, 0.2) is 0 Å². The van der Waals surface area contributed by atoms with Crippen LogP contribution in [0.3, 0.4) is 0 Å². The Labute approximate surface area is 105 Å². The Morgan fingerprint density at radius 2 is 2.06 bits per heavy atom. The zero-order valence-corrected chi connectivity index (χ0v) is 11.7. The van der Waals surface area contributed by atoms with Gasteiger partial charge in [0.25, 0.3) is 0 Å². The summed E-state index contributed by atoms with van der Waals surface area (Å²) >= 11 is 0. The molecule has 1 rings (SSSR count). The van der Waals surface area contributed by atoms with E-state index in [1.165, 1.54) is 0 Å². The number of hydrogen-bond donors (Lipinski definition) is 1. The fraction of sp³-hybridized carbons (Fsp3) is 1.00. The molecule has 0 aliphatic carbocycles. The molecule has 1 fully saturated rings. The van der Waals surface area contributed by atoms with Crippen LogP contribution in [0.4, 0.5) is 0 Å². The largest absolute Gasteiger partial charge is 0.329 e. The summed E-state index contributed by atoms with van der Waals surface area (Å²) in [6.45, 7) is 5.18. The van der Waals surface area contributed by atoms with E-state index in [2.05, 4.69) is 0 Å². The Bertz CT molecular complexity index is 293. The summed E-state index contributed by atoms with van der Waals surface area (Å²) in [5, 5.41) is 0. The molecule has 1 saturated heterocycles. The topological polar surface area (TPSA) is 63.4 Å². The molecule has 1 aliphatic rings. The van der Waals surface area contributed by atoms with Crippen LogP contribution >= 0.6 is 12.4 Å². The summed E-state index contributed by atoms with van der Waals surface area (Å²) in [6.07, 6.45) is 2.59. The highest BCUT2D eigenvalue weighted by atomic mass is 35.5. The van der Waals surface area contributed by atoms with Crippen LogP contribution in [-0.4, -0.2) is 37.6 Å². The molecule has 98 valence electrons. The lowest BCUT2D eigenvalue weighted by Gasteiger charge is -2.23. The van der Waals surface area contributed by atoms with Crippen molar-refractivity contribution in [3.8, 4) is 0 Å². The minimum atomic E-state index is -3.06. The van der Waals surface area contributed by atoms with Gasteiger partial charge in [-0.3, -0.25) is 0 Å². The van der Waals surface area contributed by atoms with Gasteiger partial charge in [-0.1, -0.05) is 13.8 Å². The molecule has 0 aromatic carbocycles. The van der Waals surface area contributed by atoms with Gasteiger partial charge in [0.1, 0.15) is 0 Å². The highest BCUT2D eigenvalue weighted by Gasteiger charge is 2.32. The maximum absolute atomic E-state index is 12.0. The Balaban J connectivity index is 0.00000225. The molecule has 1 aliphatic heterocycles. The van der Waals surface area contributed by atoms with Crippen molar-refractivity contribution in [1.29, 1.82) is 0 Å². The smallest absolute Gasteiger partial charge is 0.214 e. The quantitative estimate of drug-likeness (QED) is 0.817. The van der Waals surface area contributed by atoms with E-state index in [9.17, 15) is 8.42 Å². The van der Waals surface area contributed by atoms with Crippen molar-refractivity contribution in [3.63, 3.8) is 0 Å². The molecule has 0 bridgehead atoms. The fourth-order valence-corrected chi connectivity index (χ4v) is 3.97. The predicted octanol–water partition coefficient (Wildman–Crippen LogP) is 1.21. The first-order valence-corrected chi connectivity index (χ1v) is 7.28. The van der Waals surface area contributed by atoms with Gasteiger partial charge in [0, 0.05) is 19.1 Å². The molecular weight excluding hydrogens is 248 g/mol. The molecule has 1 atom stereocenters. The van der Waals surface area contributed by atoms with Crippen molar-refractivity contribution in [3.05, 3.63) is 0 Å². The molecule has 0 spiro atoms. The van der Waals surface area contributed by atoms with E-state index in [0.29, 0.717) is 19.0 Å². The van der Waals surface area contributed by atoms with Crippen molar-refractivity contribution in [2.45, 2.75) is 39.2 Å².